The minimum atomic E-state index is -0.554. The van der Waals surface area contributed by atoms with E-state index in [1.54, 1.807) is 29.8 Å². The third-order valence-corrected chi connectivity index (χ3v) is 6.25. The van der Waals surface area contributed by atoms with Gasteiger partial charge in [0, 0.05) is 4.88 Å². The molecular formula is C21H18N2O3S2. The second-order valence-corrected chi connectivity index (χ2v) is 8.22. The van der Waals surface area contributed by atoms with Crippen molar-refractivity contribution in [3.8, 4) is 0 Å². The normalized spacial score (nSPS) is 16.6. The molecule has 142 valence electrons. The molecule has 5 nitrogen and oxygen atoms in total. The maximum absolute atomic E-state index is 13.3. The number of carbonyl (C=O) groups is 1. The third-order valence-electron chi connectivity index (χ3n) is 4.45. The number of nitrogens with zero attached hydrogens (tertiary/aromatic N) is 2. The molecule has 1 aliphatic rings. The molecule has 0 N–H and O–H groups in total. The Morgan fingerprint density at radius 3 is 2.71 bits per heavy atom. The molecule has 2 aromatic heterocycles. The fraction of sp³-hybridized carbons (Fsp3) is 0.190. The van der Waals surface area contributed by atoms with Gasteiger partial charge in [0.2, 0.25) is 0 Å². The van der Waals surface area contributed by atoms with Gasteiger partial charge in [-0.2, -0.15) is 0 Å². The van der Waals surface area contributed by atoms with E-state index in [9.17, 15) is 9.59 Å². The first-order valence-corrected chi connectivity index (χ1v) is 10.6. The van der Waals surface area contributed by atoms with Gasteiger partial charge in [0.05, 0.1) is 28.5 Å². The number of rotatable bonds is 4. The number of esters is 1. The van der Waals surface area contributed by atoms with Crippen LogP contribution in [0.2, 0.25) is 0 Å². The Labute approximate surface area is 169 Å². The fourth-order valence-corrected chi connectivity index (χ4v) is 5.01. The second kappa shape index (κ2) is 7.69. The monoisotopic (exact) mass is 410 g/mol. The van der Waals surface area contributed by atoms with Crippen LogP contribution in [0.5, 0.6) is 0 Å². The summed E-state index contributed by atoms with van der Waals surface area (Å²) in [6, 6.07) is 12.9. The van der Waals surface area contributed by atoms with Crippen molar-refractivity contribution in [2.24, 2.45) is 4.99 Å². The summed E-state index contributed by atoms with van der Waals surface area (Å²) in [5.41, 5.74) is 1.68. The molecule has 28 heavy (non-hydrogen) atoms. The number of aromatic nitrogens is 1. The summed E-state index contributed by atoms with van der Waals surface area (Å²) >= 11 is 2.91. The third kappa shape index (κ3) is 3.27. The van der Waals surface area contributed by atoms with Gasteiger partial charge >= 0.3 is 5.97 Å². The maximum Gasteiger partial charge on any atom is 0.338 e. The van der Waals surface area contributed by atoms with Crippen molar-refractivity contribution in [1.29, 1.82) is 0 Å². The van der Waals surface area contributed by atoms with Crippen LogP contribution in [0.25, 0.3) is 6.08 Å². The first kappa shape index (κ1) is 18.6. The number of benzene rings is 1. The molecule has 0 unspecified atom stereocenters. The summed E-state index contributed by atoms with van der Waals surface area (Å²) in [5, 5.41) is 1.97. The molecule has 0 amide bonds. The molecule has 0 saturated heterocycles. The van der Waals surface area contributed by atoms with Gasteiger partial charge in [0.1, 0.15) is 0 Å². The topological polar surface area (TPSA) is 60.7 Å². The van der Waals surface area contributed by atoms with Crippen LogP contribution in [0.3, 0.4) is 0 Å². The van der Waals surface area contributed by atoms with E-state index in [0.29, 0.717) is 20.6 Å². The zero-order valence-electron chi connectivity index (χ0n) is 15.4. The molecule has 4 rings (SSSR count). The summed E-state index contributed by atoms with van der Waals surface area (Å²) < 4.78 is 7.48. The average Bonchev–Trinajstić information content (AvgIpc) is 3.30. The van der Waals surface area contributed by atoms with Crippen molar-refractivity contribution in [3.63, 3.8) is 0 Å². The van der Waals surface area contributed by atoms with E-state index >= 15 is 0 Å². The van der Waals surface area contributed by atoms with E-state index in [2.05, 4.69) is 4.99 Å². The van der Waals surface area contributed by atoms with Crippen molar-refractivity contribution in [2.45, 2.75) is 19.9 Å². The quantitative estimate of drug-likeness (QED) is 0.622. The van der Waals surface area contributed by atoms with Gasteiger partial charge in [-0.3, -0.25) is 9.36 Å². The number of carbonyl (C=O) groups excluding carboxylic acids is 1. The summed E-state index contributed by atoms with van der Waals surface area (Å²) in [6.45, 7) is 3.82. The molecule has 0 bridgehead atoms. The highest BCUT2D eigenvalue weighted by Crippen LogP contribution is 2.30. The van der Waals surface area contributed by atoms with Crippen LogP contribution in [0.4, 0.5) is 0 Å². The number of thiophene rings is 1. The van der Waals surface area contributed by atoms with Crippen molar-refractivity contribution in [3.05, 3.63) is 89.2 Å². The van der Waals surface area contributed by atoms with E-state index in [-0.39, 0.29) is 12.2 Å². The Balaban J connectivity index is 1.97. The Kier molecular flexibility index (Phi) is 5.11. The Morgan fingerprint density at radius 2 is 2.04 bits per heavy atom. The minimum Gasteiger partial charge on any atom is -0.463 e. The van der Waals surface area contributed by atoms with Crippen LogP contribution >= 0.6 is 22.7 Å². The first-order chi connectivity index (χ1) is 13.6. The molecule has 1 atom stereocenters. The lowest BCUT2D eigenvalue weighted by Crippen LogP contribution is -2.39. The molecule has 1 aliphatic heterocycles. The van der Waals surface area contributed by atoms with Gasteiger partial charge < -0.3 is 4.74 Å². The van der Waals surface area contributed by atoms with E-state index in [1.807, 2.05) is 53.9 Å². The molecule has 1 aromatic carbocycles. The highest BCUT2D eigenvalue weighted by molar-refractivity contribution is 7.11. The Bertz CT molecular complexity index is 1220. The molecule has 0 fully saturated rings. The van der Waals surface area contributed by atoms with Gasteiger partial charge in [-0.25, -0.2) is 9.79 Å². The van der Waals surface area contributed by atoms with Crippen molar-refractivity contribution in [2.75, 3.05) is 6.61 Å². The smallest absolute Gasteiger partial charge is 0.338 e. The number of fused-ring (bicyclic) bond motifs is 1. The summed E-state index contributed by atoms with van der Waals surface area (Å²) in [6.07, 6.45) is 1.87. The average molecular weight is 411 g/mol. The number of hydrogen-bond acceptors (Lipinski definition) is 6. The Hall–Kier alpha value is -2.77. The van der Waals surface area contributed by atoms with Gasteiger partial charge in [-0.1, -0.05) is 47.7 Å². The van der Waals surface area contributed by atoms with Crippen molar-refractivity contribution >= 4 is 34.7 Å². The van der Waals surface area contributed by atoms with Crippen molar-refractivity contribution < 1.29 is 9.53 Å². The van der Waals surface area contributed by atoms with Crippen LogP contribution in [0.1, 0.15) is 30.3 Å². The van der Waals surface area contributed by atoms with Crippen LogP contribution in [-0.4, -0.2) is 17.1 Å². The molecule has 0 radical (unpaired) electrons. The molecule has 3 heterocycles. The standard InChI is InChI=1S/C21H18N2O3S2/c1-3-26-20(25)17-13(2)22-21-23(18(17)14-8-5-4-6-9-14)19(24)16(28-21)12-15-10-7-11-27-15/h4-12,18H,3H2,1-2H3/b16-12+/t18-/m1/s1. The summed E-state index contributed by atoms with van der Waals surface area (Å²) in [4.78, 5) is 32.1. The molecule has 0 saturated carbocycles. The molecular weight excluding hydrogens is 392 g/mol. The molecule has 3 aromatic rings. The number of allylic oxidation sites excluding steroid dienone is 1. The lowest BCUT2D eigenvalue weighted by molar-refractivity contribution is -0.139. The van der Waals surface area contributed by atoms with Crippen LogP contribution in [-0.2, 0) is 9.53 Å². The first-order valence-electron chi connectivity index (χ1n) is 8.88. The molecule has 7 heteroatoms. The summed E-state index contributed by atoms with van der Waals surface area (Å²) in [5.74, 6) is -0.440. The maximum atomic E-state index is 13.3. The summed E-state index contributed by atoms with van der Waals surface area (Å²) in [7, 11) is 0. The molecule has 0 aliphatic carbocycles. The highest BCUT2D eigenvalue weighted by atomic mass is 32.1. The number of hydrogen-bond donors (Lipinski definition) is 0. The predicted molar refractivity (Wildman–Crippen MR) is 111 cm³/mol. The van der Waals surface area contributed by atoms with Gasteiger partial charge in [0.25, 0.3) is 5.56 Å². The van der Waals surface area contributed by atoms with E-state index < -0.39 is 12.0 Å². The van der Waals surface area contributed by atoms with Crippen LogP contribution in [0.15, 0.2) is 68.9 Å². The molecule has 0 spiro atoms. The minimum absolute atomic E-state index is 0.152. The second-order valence-electron chi connectivity index (χ2n) is 6.23. The zero-order chi connectivity index (χ0) is 19.7. The van der Waals surface area contributed by atoms with Gasteiger partial charge in [-0.15, -0.1) is 11.3 Å². The van der Waals surface area contributed by atoms with Crippen LogP contribution in [0, 0.1) is 0 Å². The SMILES string of the molecule is CCOC(=O)C1=C(C)N=c2s/c(=C/c3cccs3)c(=O)n2[C@@H]1c1ccccc1. The largest absolute Gasteiger partial charge is 0.463 e. The number of ether oxygens (including phenoxy) is 1. The predicted octanol–water partition coefficient (Wildman–Crippen LogP) is 2.86. The van der Waals surface area contributed by atoms with Crippen molar-refractivity contribution in [1.82, 2.24) is 4.57 Å². The highest BCUT2D eigenvalue weighted by Gasteiger charge is 2.33. The van der Waals surface area contributed by atoms with E-state index in [0.717, 1.165) is 10.4 Å². The van der Waals surface area contributed by atoms with Gasteiger partial charge in [0.15, 0.2) is 4.80 Å². The number of thiazole rings is 1. The fourth-order valence-electron chi connectivity index (χ4n) is 3.24. The van der Waals surface area contributed by atoms with Gasteiger partial charge in [-0.05, 0) is 36.9 Å². The van der Waals surface area contributed by atoms with Crippen LogP contribution < -0.4 is 14.9 Å². The van der Waals surface area contributed by atoms with E-state index in [4.69, 9.17) is 4.74 Å². The Morgan fingerprint density at radius 1 is 1.25 bits per heavy atom. The lowest BCUT2D eigenvalue weighted by atomic mass is 9.96. The van der Waals surface area contributed by atoms with E-state index in [1.165, 1.54) is 11.3 Å². The lowest BCUT2D eigenvalue weighted by Gasteiger charge is -2.24. The zero-order valence-corrected chi connectivity index (χ0v) is 17.0.